The van der Waals surface area contributed by atoms with Gasteiger partial charge in [-0.3, -0.25) is 0 Å². The predicted molar refractivity (Wildman–Crippen MR) is 72.7 cm³/mol. The van der Waals surface area contributed by atoms with E-state index in [2.05, 4.69) is 22.2 Å². The number of aromatic nitrogens is 2. The molecule has 0 radical (unpaired) electrons. The SMILES string of the molecule is CCCNc1nc(-c2ccc(C)o2)nc(C)c1C. The van der Waals surface area contributed by atoms with Crippen molar-refractivity contribution in [2.24, 2.45) is 0 Å². The first-order chi connectivity index (χ1) is 8.61. The summed E-state index contributed by atoms with van der Waals surface area (Å²) < 4.78 is 5.57. The molecule has 0 fully saturated rings. The van der Waals surface area contributed by atoms with Crippen LogP contribution < -0.4 is 5.32 Å². The van der Waals surface area contributed by atoms with E-state index >= 15 is 0 Å². The lowest BCUT2D eigenvalue weighted by atomic mass is 10.2. The Bertz CT molecular complexity index is 546. The zero-order valence-electron chi connectivity index (χ0n) is 11.4. The Hall–Kier alpha value is -1.84. The van der Waals surface area contributed by atoms with Crippen LogP contribution >= 0.6 is 0 Å². The zero-order chi connectivity index (χ0) is 13.1. The highest BCUT2D eigenvalue weighted by Gasteiger charge is 2.11. The van der Waals surface area contributed by atoms with Crippen LogP contribution in [0.5, 0.6) is 0 Å². The van der Waals surface area contributed by atoms with Gasteiger partial charge in [0.25, 0.3) is 0 Å². The van der Waals surface area contributed by atoms with E-state index in [4.69, 9.17) is 4.42 Å². The van der Waals surface area contributed by atoms with Crippen LogP contribution in [0.1, 0.15) is 30.4 Å². The Morgan fingerprint density at radius 2 is 1.94 bits per heavy atom. The van der Waals surface area contributed by atoms with Crippen molar-refractivity contribution in [3.8, 4) is 11.6 Å². The summed E-state index contributed by atoms with van der Waals surface area (Å²) in [7, 11) is 0. The van der Waals surface area contributed by atoms with Crippen LogP contribution in [0.2, 0.25) is 0 Å². The van der Waals surface area contributed by atoms with Crippen LogP contribution in [0.15, 0.2) is 16.5 Å². The van der Waals surface area contributed by atoms with Crippen LogP contribution in [0, 0.1) is 20.8 Å². The van der Waals surface area contributed by atoms with E-state index in [0.717, 1.165) is 41.6 Å². The highest BCUT2D eigenvalue weighted by Crippen LogP contribution is 2.23. The fraction of sp³-hybridized carbons (Fsp3) is 0.429. The lowest BCUT2D eigenvalue weighted by molar-refractivity contribution is 0.544. The second kappa shape index (κ2) is 5.21. The molecule has 0 bridgehead atoms. The summed E-state index contributed by atoms with van der Waals surface area (Å²) in [5.74, 6) is 3.13. The molecule has 0 aliphatic rings. The van der Waals surface area contributed by atoms with E-state index < -0.39 is 0 Å². The van der Waals surface area contributed by atoms with Crippen molar-refractivity contribution in [3.63, 3.8) is 0 Å². The number of nitrogens with zero attached hydrogens (tertiary/aromatic N) is 2. The van der Waals surface area contributed by atoms with Crippen molar-refractivity contribution >= 4 is 5.82 Å². The van der Waals surface area contributed by atoms with Crippen molar-refractivity contribution in [3.05, 3.63) is 29.2 Å². The van der Waals surface area contributed by atoms with E-state index in [1.54, 1.807) is 0 Å². The molecule has 0 atom stereocenters. The van der Waals surface area contributed by atoms with Crippen LogP contribution in [-0.2, 0) is 0 Å². The van der Waals surface area contributed by atoms with Crippen molar-refractivity contribution in [2.45, 2.75) is 34.1 Å². The molecular weight excluding hydrogens is 226 g/mol. The van der Waals surface area contributed by atoms with Crippen LogP contribution in [0.25, 0.3) is 11.6 Å². The molecule has 2 aromatic rings. The Kier molecular flexibility index (Phi) is 3.65. The number of hydrogen-bond acceptors (Lipinski definition) is 4. The minimum absolute atomic E-state index is 0.643. The van der Waals surface area contributed by atoms with Gasteiger partial charge in [0.1, 0.15) is 11.6 Å². The van der Waals surface area contributed by atoms with E-state index in [1.165, 1.54) is 0 Å². The molecule has 4 nitrogen and oxygen atoms in total. The summed E-state index contributed by atoms with van der Waals surface area (Å²) in [5.41, 5.74) is 2.07. The average molecular weight is 245 g/mol. The number of hydrogen-bond donors (Lipinski definition) is 1. The minimum atomic E-state index is 0.643. The van der Waals surface area contributed by atoms with Crippen LogP contribution in [0.3, 0.4) is 0 Å². The summed E-state index contributed by atoms with van der Waals surface area (Å²) in [6.07, 6.45) is 1.07. The maximum atomic E-state index is 5.57. The van der Waals surface area contributed by atoms with Gasteiger partial charge in [-0.2, -0.15) is 0 Å². The molecule has 0 aromatic carbocycles. The molecule has 2 heterocycles. The number of nitrogens with one attached hydrogen (secondary N) is 1. The third-order valence-corrected chi connectivity index (χ3v) is 2.89. The van der Waals surface area contributed by atoms with Gasteiger partial charge >= 0.3 is 0 Å². The molecule has 0 saturated heterocycles. The van der Waals surface area contributed by atoms with E-state index in [9.17, 15) is 0 Å². The van der Waals surface area contributed by atoms with Gasteiger partial charge in [0.15, 0.2) is 11.6 Å². The quantitative estimate of drug-likeness (QED) is 0.895. The lowest BCUT2D eigenvalue weighted by Crippen LogP contribution is -2.07. The van der Waals surface area contributed by atoms with E-state index in [0.29, 0.717) is 5.82 Å². The standard InChI is InChI=1S/C14H19N3O/c1-5-8-15-13-10(3)11(4)16-14(17-13)12-7-6-9(2)18-12/h6-7H,5,8H2,1-4H3,(H,15,16,17). The average Bonchev–Trinajstić information content (AvgIpc) is 2.77. The van der Waals surface area contributed by atoms with Crippen molar-refractivity contribution in [2.75, 3.05) is 11.9 Å². The number of rotatable bonds is 4. The molecular formula is C14H19N3O. The molecule has 0 amide bonds. The monoisotopic (exact) mass is 245 g/mol. The highest BCUT2D eigenvalue weighted by molar-refractivity contribution is 5.55. The first-order valence-electron chi connectivity index (χ1n) is 6.27. The van der Waals surface area contributed by atoms with Crippen molar-refractivity contribution in [1.29, 1.82) is 0 Å². The summed E-state index contributed by atoms with van der Waals surface area (Å²) in [5, 5.41) is 3.33. The second-order valence-electron chi connectivity index (χ2n) is 4.44. The minimum Gasteiger partial charge on any atom is -0.458 e. The predicted octanol–water partition coefficient (Wildman–Crippen LogP) is 3.48. The molecule has 0 aliphatic carbocycles. The summed E-state index contributed by atoms with van der Waals surface area (Å²) in [6, 6.07) is 3.83. The first-order valence-corrected chi connectivity index (χ1v) is 6.27. The molecule has 4 heteroatoms. The number of furan rings is 1. The Labute approximate surface area is 107 Å². The molecule has 0 saturated carbocycles. The third-order valence-electron chi connectivity index (χ3n) is 2.89. The highest BCUT2D eigenvalue weighted by atomic mass is 16.3. The Balaban J connectivity index is 2.40. The van der Waals surface area contributed by atoms with Gasteiger partial charge < -0.3 is 9.73 Å². The first kappa shape index (κ1) is 12.6. The van der Waals surface area contributed by atoms with Gasteiger partial charge in [-0.25, -0.2) is 9.97 Å². The Morgan fingerprint density at radius 1 is 1.17 bits per heavy atom. The maximum Gasteiger partial charge on any atom is 0.197 e. The van der Waals surface area contributed by atoms with E-state index in [1.807, 2.05) is 32.9 Å². The molecule has 2 rings (SSSR count). The van der Waals surface area contributed by atoms with Crippen molar-refractivity contribution < 1.29 is 4.42 Å². The second-order valence-corrected chi connectivity index (χ2v) is 4.44. The zero-order valence-corrected chi connectivity index (χ0v) is 11.4. The fourth-order valence-corrected chi connectivity index (χ4v) is 1.71. The molecule has 0 spiro atoms. The fourth-order valence-electron chi connectivity index (χ4n) is 1.71. The summed E-state index contributed by atoms with van der Waals surface area (Å²) in [6.45, 7) is 8.99. The number of anilines is 1. The van der Waals surface area contributed by atoms with Gasteiger partial charge in [-0.1, -0.05) is 6.92 Å². The van der Waals surface area contributed by atoms with Gasteiger partial charge in [-0.05, 0) is 39.3 Å². The van der Waals surface area contributed by atoms with E-state index in [-0.39, 0.29) is 0 Å². The van der Waals surface area contributed by atoms with Gasteiger partial charge in [0, 0.05) is 17.8 Å². The van der Waals surface area contributed by atoms with Crippen molar-refractivity contribution in [1.82, 2.24) is 9.97 Å². The topological polar surface area (TPSA) is 51.0 Å². The van der Waals surface area contributed by atoms with Crippen LogP contribution in [0.4, 0.5) is 5.82 Å². The third kappa shape index (κ3) is 2.53. The number of aryl methyl sites for hydroxylation is 2. The molecule has 18 heavy (non-hydrogen) atoms. The normalized spacial score (nSPS) is 10.7. The smallest absolute Gasteiger partial charge is 0.197 e. The lowest BCUT2D eigenvalue weighted by Gasteiger charge is -2.10. The Morgan fingerprint density at radius 3 is 2.56 bits per heavy atom. The molecule has 1 N–H and O–H groups in total. The largest absolute Gasteiger partial charge is 0.458 e. The van der Waals surface area contributed by atoms with Crippen LogP contribution in [-0.4, -0.2) is 16.5 Å². The molecule has 0 unspecified atom stereocenters. The molecule has 2 aromatic heterocycles. The molecule has 96 valence electrons. The summed E-state index contributed by atoms with van der Waals surface area (Å²) in [4.78, 5) is 9.02. The maximum absolute atomic E-state index is 5.57. The summed E-state index contributed by atoms with van der Waals surface area (Å²) >= 11 is 0. The van der Waals surface area contributed by atoms with Gasteiger partial charge in [0.2, 0.25) is 0 Å². The molecule has 0 aliphatic heterocycles. The van der Waals surface area contributed by atoms with Gasteiger partial charge in [-0.15, -0.1) is 0 Å². The van der Waals surface area contributed by atoms with Gasteiger partial charge in [0.05, 0.1) is 0 Å².